The fraction of sp³-hybridized carbons (Fsp3) is 0.692. The molecule has 1 unspecified atom stereocenters. The highest BCUT2D eigenvalue weighted by Crippen LogP contribution is 2.22. The molecule has 1 N–H and O–H groups in total. The number of unbranched alkanes of at least 4 members (excludes halogenated alkanes) is 1. The first-order chi connectivity index (χ1) is 9.13. The summed E-state index contributed by atoms with van der Waals surface area (Å²) in [6.45, 7) is 7.69. The van der Waals surface area contributed by atoms with E-state index in [4.69, 9.17) is 0 Å². The number of rotatable bonds is 4. The van der Waals surface area contributed by atoms with Gasteiger partial charge in [-0.05, 0) is 29.3 Å². The van der Waals surface area contributed by atoms with E-state index in [1.807, 2.05) is 0 Å². The average molecular weight is 329 g/mol. The molecule has 5 nitrogen and oxygen atoms in total. The van der Waals surface area contributed by atoms with Gasteiger partial charge in [0, 0.05) is 32.2 Å². The maximum Gasteiger partial charge on any atom is 0.283 e. The van der Waals surface area contributed by atoms with E-state index in [9.17, 15) is 4.79 Å². The van der Waals surface area contributed by atoms with Crippen molar-refractivity contribution in [1.29, 1.82) is 0 Å². The Morgan fingerprint density at radius 2 is 2.37 bits per heavy atom. The maximum absolute atomic E-state index is 12.2. The SMILES string of the molecule is CCCCn1ncc(N2CCNC(C)C2)c(Br)c1=O. The Hall–Kier alpha value is -0.880. The monoisotopic (exact) mass is 328 g/mol. The predicted octanol–water partition coefficient (Wildman–Crippen LogP) is 1.60. The summed E-state index contributed by atoms with van der Waals surface area (Å²) in [7, 11) is 0. The van der Waals surface area contributed by atoms with Crippen molar-refractivity contribution in [2.45, 2.75) is 39.3 Å². The zero-order valence-corrected chi connectivity index (χ0v) is 13.1. The lowest BCUT2D eigenvalue weighted by Crippen LogP contribution is -2.49. The van der Waals surface area contributed by atoms with Crippen LogP contribution in [0.1, 0.15) is 26.7 Å². The highest BCUT2D eigenvalue weighted by Gasteiger charge is 2.20. The van der Waals surface area contributed by atoms with Crippen LogP contribution >= 0.6 is 15.9 Å². The third-order valence-corrected chi connectivity index (χ3v) is 4.14. The van der Waals surface area contributed by atoms with Crippen LogP contribution in [-0.2, 0) is 6.54 Å². The minimum atomic E-state index is -0.0304. The number of anilines is 1. The molecular formula is C13H21BrN4O. The molecule has 0 bridgehead atoms. The van der Waals surface area contributed by atoms with Crippen molar-refractivity contribution in [3.8, 4) is 0 Å². The summed E-state index contributed by atoms with van der Waals surface area (Å²) < 4.78 is 2.18. The number of nitrogens with one attached hydrogen (secondary N) is 1. The minimum Gasteiger partial charge on any atom is -0.366 e. The van der Waals surface area contributed by atoms with Crippen LogP contribution < -0.4 is 15.8 Å². The highest BCUT2D eigenvalue weighted by atomic mass is 79.9. The largest absolute Gasteiger partial charge is 0.366 e. The number of aromatic nitrogens is 2. The number of hydrogen-bond acceptors (Lipinski definition) is 4. The number of halogens is 1. The van der Waals surface area contributed by atoms with Gasteiger partial charge in [-0.25, -0.2) is 4.68 Å². The average Bonchev–Trinajstić information content (AvgIpc) is 2.40. The molecule has 0 aliphatic carbocycles. The Bertz CT molecular complexity index is 488. The van der Waals surface area contributed by atoms with Crippen molar-refractivity contribution in [3.05, 3.63) is 21.0 Å². The van der Waals surface area contributed by atoms with Crippen LogP contribution in [0.15, 0.2) is 15.5 Å². The smallest absolute Gasteiger partial charge is 0.283 e. The first kappa shape index (κ1) is 14.5. The van der Waals surface area contributed by atoms with Gasteiger partial charge in [-0.15, -0.1) is 0 Å². The van der Waals surface area contributed by atoms with Crippen LogP contribution in [0.25, 0.3) is 0 Å². The van der Waals surface area contributed by atoms with Gasteiger partial charge in [0.05, 0.1) is 11.9 Å². The lowest BCUT2D eigenvalue weighted by atomic mass is 10.2. The second-order valence-electron chi connectivity index (χ2n) is 5.03. The standard InChI is InChI=1S/C13H21BrN4O/c1-3-4-6-18-13(19)12(14)11(8-16-18)17-7-5-15-10(2)9-17/h8,10,15H,3-7,9H2,1-2H3. The molecule has 1 aliphatic heterocycles. The third-order valence-electron chi connectivity index (χ3n) is 3.40. The molecule has 1 saturated heterocycles. The van der Waals surface area contributed by atoms with Crippen molar-refractivity contribution in [2.75, 3.05) is 24.5 Å². The van der Waals surface area contributed by atoms with Crippen LogP contribution in [-0.4, -0.2) is 35.5 Å². The van der Waals surface area contributed by atoms with Gasteiger partial charge >= 0.3 is 0 Å². The second-order valence-corrected chi connectivity index (χ2v) is 5.82. The fourth-order valence-corrected chi connectivity index (χ4v) is 2.85. The van der Waals surface area contributed by atoms with E-state index in [0.717, 1.165) is 38.2 Å². The van der Waals surface area contributed by atoms with Crippen molar-refractivity contribution in [3.63, 3.8) is 0 Å². The molecule has 6 heteroatoms. The van der Waals surface area contributed by atoms with Gasteiger partial charge in [0.25, 0.3) is 5.56 Å². The van der Waals surface area contributed by atoms with Crippen molar-refractivity contribution in [2.24, 2.45) is 0 Å². The van der Waals surface area contributed by atoms with E-state index < -0.39 is 0 Å². The van der Waals surface area contributed by atoms with Crippen LogP contribution in [0, 0.1) is 0 Å². The Kier molecular flexibility index (Phi) is 4.99. The summed E-state index contributed by atoms with van der Waals surface area (Å²) in [6.07, 6.45) is 3.84. The molecule has 1 aliphatic rings. The lowest BCUT2D eigenvalue weighted by Gasteiger charge is -2.33. The van der Waals surface area contributed by atoms with E-state index in [1.165, 1.54) is 0 Å². The van der Waals surface area contributed by atoms with Crippen LogP contribution in [0.2, 0.25) is 0 Å². The molecule has 1 aromatic heterocycles. The zero-order valence-electron chi connectivity index (χ0n) is 11.5. The fourth-order valence-electron chi connectivity index (χ4n) is 2.30. The summed E-state index contributed by atoms with van der Waals surface area (Å²) in [5.74, 6) is 0. The van der Waals surface area contributed by atoms with Crippen LogP contribution in [0.4, 0.5) is 5.69 Å². The van der Waals surface area contributed by atoms with E-state index in [-0.39, 0.29) is 5.56 Å². The molecule has 0 amide bonds. The Morgan fingerprint density at radius 3 is 3.05 bits per heavy atom. The van der Waals surface area contributed by atoms with Crippen LogP contribution in [0.3, 0.4) is 0 Å². The van der Waals surface area contributed by atoms with Gasteiger partial charge in [0.2, 0.25) is 0 Å². The minimum absolute atomic E-state index is 0.0304. The molecule has 1 atom stereocenters. The number of nitrogens with zero attached hydrogens (tertiary/aromatic N) is 3. The van der Waals surface area contributed by atoms with E-state index in [0.29, 0.717) is 17.1 Å². The maximum atomic E-state index is 12.2. The molecule has 2 heterocycles. The summed E-state index contributed by atoms with van der Waals surface area (Å²) >= 11 is 3.44. The third kappa shape index (κ3) is 3.36. The van der Waals surface area contributed by atoms with Gasteiger partial charge in [-0.3, -0.25) is 4.79 Å². The quantitative estimate of drug-likeness (QED) is 0.912. The summed E-state index contributed by atoms with van der Waals surface area (Å²) in [5.41, 5.74) is 0.878. The Balaban J connectivity index is 2.22. The zero-order chi connectivity index (χ0) is 13.8. The molecule has 19 heavy (non-hydrogen) atoms. The van der Waals surface area contributed by atoms with Gasteiger partial charge in [0.15, 0.2) is 0 Å². The lowest BCUT2D eigenvalue weighted by molar-refractivity contribution is 0.481. The van der Waals surface area contributed by atoms with E-state index >= 15 is 0 Å². The first-order valence-electron chi connectivity index (χ1n) is 6.87. The topological polar surface area (TPSA) is 50.2 Å². The van der Waals surface area contributed by atoms with E-state index in [2.05, 4.69) is 45.1 Å². The van der Waals surface area contributed by atoms with Gasteiger partial charge < -0.3 is 10.2 Å². The summed E-state index contributed by atoms with van der Waals surface area (Å²) in [5, 5.41) is 7.68. The van der Waals surface area contributed by atoms with Crippen molar-refractivity contribution >= 4 is 21.6 Å². The molecule has 0 spiro atoms. The number of piperazine rings is 1. The van der Waals surface area contributed by atoms with Gasteiger partial charge in [-0.1, -0.05) is 13.3 Å². The van der Waals surface area contributed by atoms with Crippen molar-refractivity contribution in [1.82, 2.24) is 15.1 Å². The highest BCUT2D eigenvalue weighted by molar-refractivity contribution is 9.10. The first-order valence-corrected chi connectivity index (χ1v) is 7.66. The van der Waals surface area contributed by atoms with Gasteiger partial charge in [-0.2, -0.15) is 5.10 Å². The molecule has 2 rings (SSSR count). The molecule has 0 aromatic carbocycles. The molecule has 0 saturated carbocycles. The normalized spacial score (nSPS) is 19.7. The van der Waals surface area contributed by atoms with Crippen LogP contribution in [0.5, 0.6) is 0 Å². The summed E-state index contributed by atoms with van der Waals surface area (Å²) in [6, 6.07) is 0.433. The predicted molar refractivity (Wildman–Crippen MR) is 80.8 cm³/mol. The number of hydrogen-bond donors (Lipinski definition) is 1. The molecule has 106 valence electrons. The Labute approximate surface area is 122 Å². The molecule has 0 radical (unpaired) electrons. The van der Waals surface area contributed by atoms with Gasteiger partial charge in [0.1, 0.15) is 4.47 Å². The summed E-state index contributed by atoms with van der Waals surface area (Å²) in [4.78, 5) is 14.4. The van der Waals surface area contributed by atoms with Crippen molar-refractivity contribution < 1.29 is 0 Å². The molecular weight excluding hydrogens is 308 g/mol. The molecule has 1 aromatic rings. The number of aryl methyl sites for hydroxylation is 1. The second kappa shape index (κ2) is 6.52. The van der Waals surface area contributed by atoms with E-state index in [1.54, 1.807) is 10.9 Å². The Morgan fingerprint density at radius 1 is 1.58 bits per heavy atom. The molecule has 1 fully saturated rings.